The number of nitrogens with one attached hydrogen (secondary N) is 1. The standard InChI is InChI=1S/C20H22N2O2/c1-5-6-15-7-8-18(19(11-15)23-4)24-12-20-21-16-9-13(2)14(3)10-17(16)22-20/h5-11H,12H2,1-4H3,(H,21,22)/b6-5+. The zero-order chi connectivity index (χ0) is 17.1. The first-order valence-corrected chi connectivity index (χ1v) is 8.00. The highest BCUT2D eigenvalue weighted by Gasteiger charge is 2.08. The van der Waals surface area contributed by atoms with Gasteiger partial charge in [-0.3, -0.25) is 0 Å². The van der Waals surface area contributed by atoms with Crippen LogP contribution in [-0.2, 0) is 6.61 Å². The van der Waals surface area contributed by atoms with Gasteiger partial charge in [0.15, 0.2) is 11.5 Å². The Bertz CT molecular complexity index is 855. The van der Waals surface area contributed by atoms with Crippen molar-refractivity contribution in [2.75, 3.05) is 7.11 Å². The molecule has 2 aromatic carbocycles. The predicted octanol–water partition coefficient (Wildman–Crippen LogP) is 4.80. The Labute approximate surface area is 142 Å². The lowest BCUT2D eigenvalue weighted by atomic mass is 10.1. The molecule has 0 atom stereocenters. The van der Waals surface area contributed by atoms with Crippen molar-refractivity contribution in [3.63, 3.8) is 0 Å². The molecule has 0 unspecified atom stereocenters. The number of benzene rings is 2. The predicted molar refractivity (Wildman–Crippen MR) is 97.6 cm³/mol. The molecule has 24 heavy (non-hydrogen) atoms. The summed E-state index contributed by atoms with van der Waals surface area (Å²) in [6.45, 7) is 6.55. The minimum Gasteiger partial charge on any atom is -0.493 e. The van der Waals surface area contributed by atoms with Crippen LogP contribution in [-0.4, -0.2) is 17.1 Å². The molecular formula is C20H22N2O2. The van der Waals surface area contributed by atoms with E-state index >= 15 is 0 Å². The molecule has 4 heteroatoms. The number of nitrogens with zero attached hydrogens (tertiary/aromatic N) is 1. The highest BCUT2D eigenvalue weighted by Crippen LogP contribution is 2.29. The first kappa shape index (κ1) is 16.1. The highest BCUT2D eigenvalue weighted by molar-refractivity contribution is 5.77. The van der Waals surface area contributed by atoms with Crippen LogP contribution in [0.15, 0.2) is 36.4 Å². The van der Waals surface area contributed by atoms with Crippen molar-refractivity contribution in [1.82, 2.24) is 9.97 Å². The van der Waals surface area contributed by atoms with Crippen LogP contribution in [0.2, 0.25) is 0 Å². The summed E-state index contributed by atoms with van der Waals surface area (Å²) < 4.78 is 11.3. The molecule has 1 N–H and O–H groups in total. The Hall–Kier alpha value is -2.75. The maximum atomic E-state index is 5.89. The molecule has 0 radical (unpaired) electrons. The average molecular weight is 322 g/mol. The van der Waals surface area contributed by atoms with Gasteiger partial charge in [-0.25, -0.2) is 4.98 Å². The van der Waals surface area contributed by atoms with E-state index in [-0.39, 0.29) is 0 Å². The number of rotatable bonds is 5. The van der Waals surface area contributed by atoms with E-state index in [2.05, 4.69) is 35.9 Å². The van der Waals surface area contributed by atoms with Crippen molar-refractivity contribution < 1.29 is 9.47 Å². The van der Waals surface area contributed by atoms with Gasteiger partial charge in [-0.1, -0.05) is 18.2 Å². The molecule has 0 spiro atoms. The summed E-state index contributed by atoms with van der Waals surface area (Å²) in [5.74, 6) is 2.22. The number of aryl methyl sites for hydroxylation is 2. The van der Waals surface area contributed by atoms with Crippen LogP contribution >= 0.6 is 0 Å². The monoisotopic (exact) mass is 322 g/mol. The Morgan fingerprint density at radius 2 is 1.88 bits per heavy atom. The molecule has 0 fully saturated rings. The molecule has 1 aromatic heterocycles. The smallest absolute Gasteiger partial charge is 0.161 e. The number of H-pyrrole nitrogens is 1. The average Bonchev–Trinajstić information content (AvgIpc) is 2.96. The van der Waals surface area contributed by atoms with Gasteiger partial charge < -0.3 is 14.5 Å². The van der Waals surface area contributed by atoms with Crippen LogP contribution in [0.5, 0.6) is 11.5 Å². The van der Waals surface area contributed by atoms with Gasteiger partial charge in [0.05, 0.1) is 18.1 Å². The second-order valence-corrected chi connectivity index (χ2v) is 5.84. The van der Waals surface area contributed by atoms with E-state index in [1.54, 1.807) is 7.11 Å². The molecule has 0 aliphatic carbocycles. The summed E-state index contributed by atoms with van der Waals surface area (Å²) in [5, 5.41) is 0. The topological polar surface area (TPSA) is 47.1 Å². The SMILES string of the molecule is C/C=C/c1ccc(OCc2nc3cc(C)c(C)cc3[nH]2)c(OC)c1. The molecule has 3 aromatic rings. The number of aromatic amines is 1. The van der Waals surface area contributed by atoms with Gasteiger partial charge in [0.25, 0.3) is 0 Å². The van der Waals surface area contributed by atoms with Crippen molar-refractivity contribution in [1.29, 1.82) is 0 Å². The molecule has 3 rings (SSSR count). The molecular weight excluding hydrogens is 300 g/mol. The number of fused-ring (bicyclic) bond motifs is 1. The van der Waals surface area contributed by atoms with E-state index in [0.29, 0.717) is 18.1 Å². The lowest BCUT2D eigenvalue weighted by Gasteiger charge is -2.10. The van der Waals surface area contributed by atoms with Crippen LogP contribution in [0.4, 0.5) is 0 Å². The molecule has 1 heterocycles. The summed E-state index contributed by atoms with van der Waals surface area (Å²) in [6, 6.07) is 10.1. The van der Waals surface area contributed by atoms with Gasteiger partial charge in [0.1, 0.15) is 12.4 Å². The quantitative estimate of drug-likeness (QED) is 0.734. The van der Waals surface area contributed by atoms with Gasteiger partial charge in [-0.05, 0) is 61.7 Å². The zero-order valence-corrected chi connectivity index (χ0v) is 14.5. The molecule has 0 saturated heterocycles. The molecule has 0 aliphatic rings. The van der Waals surface area contributed by atoms with Crippen molar-refractivity contribution in [3.05, 3.63) is 58.9 Å². The van der Waals surface area contributed by atoms with Crippen LogP contribution in [0.3, 0.4) is 0 Å². The first-order valence-electron chi connectivity index (χ1n) is 8.00. The van der Waals surface area contributed by atoms with E-state index in [9.17, 15) is 0 Å². The van der Waals surface area contributed by atoms with Gasteiger partial charge in [0, 0.05) is 0 Å². The minimum atomic E-state index is 0.367. The van der Waals surface area contributed by atoms with Crippen molar-refractivity contribution in [3.8, 4) is 11.5 Å². The maximum absolute atomic E-state index is 5.89. The van der Waals surface area contributed by atoms with Gasteiger partial charge in [-0.15, -0.1) is 0 Å². The van der Waals surface area contributed by atoms with Gasteiger partial charge in [0.2, 0.25) is 0 Å². The highest BCUT2D eigenvalue weighted by atomic mass is 16.5. The van der Waals surface area contributed by atoms with Crippen molar-refractivity contribution >= 4 is 17.1 Å². The van der Waals surface area contributed by atoms with Crippen LogP contribution in [0.1, 0.15) is 29.4 Å². The van der Waals surface area contributed by atoms with E-state index in [1.807, 2.05) is 37.3 Å². The number of hydrogen-bond donors (Lipinski definition) is 1. The van der Waals surface area contributed by atoms with Crippen molar-refractivity contribution in [2.24, 2.45) is 0 Å². The normalized spacial score (nSPS) is 11.3. The Morgan fingerprint density at radius 1 is 1.08 bits per heavy atom. The van der Waals surface area contributed by atoms with Crippen LogP contribution in [0, 0.1) is 13.8 Å². The Kier molecular flexibility index (Phi) is 4.56. The molecule has 4 nitrogen and oxygen atoms in total. The third-order valence-corrected chi connectivity index (χ3v) is 4.06. The lowest BCUT2D eigenvalue weighted by molar-refractivity contribution is 0.277. The van der Waals surface area contributed by atoms with E-state index in [1.165, 1.54) is 11.1 Å². The summed E-state index contributed by atoms with van der Waals surface area (Å²) in [4.78, 5) is 7.91. The number of allylic oxidation sites excluding steroid dienone is 1. The Balaban J connectivity index is 1.80. The molecule has 0 amide bonds. The zero-order valence-electron chi connectivity index (χ0n) is 14.5. The van der Waals surface area contributed by atoms with E-state index < -0.39 is 0 Å². The molecule has 0 saturated carbocycles. The maximum Gasteiger partial charge on any atom is 0.161 e. The fourth-order valence-electron chi connectivity index (χ4n) is 2.64. The molecule has 124 valence electrons. The summed E-state index contributed by atoms with van der Waals surface area (Å²) in [7, 11) is 1.65. The number of methoxy groups -OCH3 is 1. The van der Waals surface area contributed by atoms with Crippen LogP contribution < -0.4 is 9.47 Å². The number of aromatic nitrogens is 2. The number of ether oxygens (including phenoxy) is 2. The van der Waals surface area contributed by atoms with Gasteiger partial charge in [-0.2, -0.15) is 0 Å². The summed E-state index contributed by atoms with van der Waals surface area (Å²) in [6.07, 6.45) is 4.02. The number of imidazole rings is 1. The van der Waals surface area contributed by atoms with E-state index in [0.717, 1.165) is 22.4 Å². The number of hydrogen-bond acceptors (Lipinski definition) is 3. The third-order valence-electron chi connectivity index (χ3n) is 4.06. The largest absolute Gasteiger partial charge is 0.493 e. The second-order valence-electron chi connectivity index (χ2n) is 5.84. The summed E-state index contributed by atoms with van der Waals surface area (Å²) in [5.41, 5.74) is 5.57. The van der Waals surface area contributed by atoms with Gasteiger partial charge >= 0.3 is 0 Å². The summed E-state index contributed by atoms with van der Waals surface area (Å²) >= 11 is 0. The fraction of sp³-hybridized carbons (Fsp3) is 0.250. The lowest BCUT2D eigenvalue weighted by Crippen LogP contribution is -1.99. The third kappa shape index (κ3) is 3.27. The molecule has 0 aliphatic heterocycles. The minimum absolute atomic E-state index is 0.367. The van der Waals surface area contributed by atoms with Crippen LogP contribution in [0.25, 0.3) is 17.1 Å². The fourth-order valence-corrected chi connectivity index (χ4v) is 2.64. The van der Waals surface area contributed by atoms with E-state index in [4.69, 9.17) is 9.47 Å². The first-order chi connectivity index (χ1) is 11.6. The molecule has 0 bridgehead atoms. The second kappa shape index (κ2) is 6.79. The van der Waals surface area contributed by atoms with Crippen molar-refractivity contribution in [2.45, 2.75) is 27.4 Å². The Morgan fingerprint density at radius 3 is 2.62 bits per heavy atom.